The van der Waals surface area contributed by atoms with Gasteiger partial charge in [-0.15, -0.1) is 0 Å². The summed E-state index contributed by atoms with van der Waals surface area (Å²) >= 11 is 0. The summed E-state index contributed by atoms with van der Waals surface area (Å²) in [6, 6.07) is 17.6. The van der Waals surface area contributed by atoms with Gasteiger partial charge in [-0.05, 0) is 61.7 Å². The van der Waals surface area contributed by atoms with Crippen LogP contribution in [-0.2, 0) is 6.54 Å². The lowest BCUT2D eigenvalue weighted by Gasteiger charge is -2.10. The van der Waals surface area contributed by atoms with Gasteiger partial charge in [0, 0.05) is 11.2 Å². The third-order valence-corrected chi connectivity index (χ3v) is 5.10. The summed E-state index contributed by atoms with van der Waals surface area (Å²) in [5, 5.41) is 4.40. The predicted octanol–water partition coefficient (Wildman–Crippen LogP) is 4.66. The smallest absolute Gasteiger partial charge is 0.258 e. The fraction of sp³-hybridized carbons (Fsp3) is 0.130. The van der Waals surface area contributed by atoms with Crippen LogP contribution in [0.4, 0.5) is 5.82 Å². The standard InChI is InChI=1S/C23H20N4O2/c1-14-8-9-19-16(11-14)12-18(23(28)25-19)21-22(24-13-17-6-4-10-29-17)27-15(2)5-3-7-20(27)26-21/h3-12,24H,13H2,1-2H3,(H,25,28). The molecule has 0 radical (unpaired) electrons. The van der Waals surface area contributed by atoms with Gasteiger partial charge < -0.3 is 14.7 Å². The minimum Gasteiger partial charge on any atom is -0.467 e. The van der Waals surface area contributed by atoms with Crippen molar-refractivity contribution in [2.75, 3.05) is 5.32 Å². The van der Waals surface area contributed by atoms with Crippen molar-refractivity contribution in [2.24, 2.45) is 0 Å². The number of pyridine rings is 2. The first kappa shape index (κ1) is 17.3. The molecule has 0 unspecified atom stereocenters. The van der Waals surface area contributed by atoms with E-state index in [2.05, 4.69) is 16.4 Å². The number of fused-ring (bicyclic) bond motifs is 2. The normalized spacial score (nSPS) is 11.4. The number of rotatable bonds is 4. The van der Waals surface area contributed by atoms with Crippen LogP contribution in [0.15, 0.2) is 70.1 Å². The molecule has 4 heterocycles. The zero-order valence-corrected chi connectivity index (χ0v) is 16.2. The second-order valence-corrected chi connectivity index (χ2v) is 7.21. The molecule has 1 aromatic carbocycles. The summed E-state index contributed by atoms with van der Waals surface area (Å²) in [6.45, 7) is 4.55. The van der Waals surface area contributed by atoms with Gasteiger partial charge in [0.2, 0.25) is 0 Å². The van der Waals surface area contributed by atoms with E-state index in [0.29, 0.717) is 17.8 Å². The van der Waals surface area contributed by atoms with Crippen molar-refractivity contribution in [3.8, 4) is 11.3 Å². The maximum atomic E-state index is 12.9. The Kier molecular flexibility index (Phi) is 3.98. The largest absolute Gasteiger partial charge is 0.467 e. The van der Waals surface area contributed by atoms with Gasteiger partial charge in [0.1, 0.15) is 22.9 Å². The Morgan fingerprint density at radius 1 is 1.10 bits per heavy atom. The topological polar surface area (TPSA) is 75.3 Å². The second-order valence-electron chi connectivity index (χ2n) is 7.21. The summed E-state index contributed by atoms with van der Waals surface area (Å²) in [7, 11) is 0. The van der Waals surface area contributed by atoms with E-state index in [0.717, 1.165) is 39.4 Å². The third-order valence-electron chi connectivity index (χ3n) is 5.10. The molecule has 0 aliphatic heterocycles. The first-order chi connectivity index (χ1) is 14.1. The fourth-order valence-corrected chi connectivity index (χ4v) is 3.69. The van der Waals surface area contributed by atoms with E-state index < -0.39 is 0 Å². The van der Waals surface area contributed by atoms with Crippen molar-refractivity contribution < 1.29 is 4.42 Å². The highest BCUT2D eigenvalue weighted by Crippen LogP contribution is 2.30. The van der Waals surface area contributed by atoms with Crippen LogP contribution in [0.1, 0.15) is 17.0 Å². The van der Waals surface area contributed by atoms with Crippen molar-refractivity contribution in [3.63, 3.8) is 0 Å². The van der Waals surface area contributed by atoms with Gasteiger partial charge in [0.25, 0.3) is 5.56 Å². The first-order valence-electron chi connectivity index (χ1n) is 9.48. The molecule has 6 heteroatoms. The van der Waals surface area contributed by atoms with Crippen molar-refractivity contribution in [3.05, 3.63) is 88.2 Å². The Labute approximate surface area is 166 Å². The lowest BCUT2D eigenvalue weighted by molar-refractivity contribution is 0.517. The molecule has 0 atom stereocenters. The molecule has 5 aromatic rings. The second kappa shape index (κ2) is 6.67. The maximum Gasteiger partial charge on any atom is 0.258 e. The van der Waals surface area contributed by atoms with Crippen LogP contribution in [0.2, 0.25) is 0 Å². The molecule has 2 N–H and O–H groups in total. The van der Waals surface area contributed by atoms with E-state index >= 15 is 0 Å². The summed E-state index contributed by atoms with van der Waals surface area (Å²) in [5.74, 6) is 1.58. The quantitative estimate of drug-likeness (QED) is 0.472. The number of imidazole rings is 1. The predicted molar refractivity (Wildman–Crippen MR) is 114 cm³/mol. The van der Waals surface area contributed by atoms with Gasteiger partial charge in [-0.25, -0.2) is 4.98 Å². The number of nitrogens with zero attached hydrogens (tertiary/aromatic N) is 2. The highest BCUT2D eigenvalue weighted by atomic mass is 16.3. The van der Waals surface area contributed by atoms with Gasteiger partial charge in [0.15, 0.2) is 0 Å². The van der Waals surface area contributed by atoms with Crippen LogP contribution in [0, 0.1) is 13.8 Å². The average molecular weight is 384 g/mol. The summed E-state index contributed by atoms with van der Waals surface area (Å²) in [4.78, 5) is 20.7. The van der Waals surface area contributed by atoms with E-state index in [1.165, 1.54) is 0 Å². The minimum absolute atomic E-state index is 0.163. The molecular weight excluding hydrogens is 364 g/mol. The number of hydrogen-bond donors (Lipinski definition) is 2. The van der Waals surface area contributed by atoms with Gasteiger partial charge in [-0.2, -0.15) is 0 Å². The molecule has 0 saturated heterocycles. The molecule has 0 aliphatic rings. The zero-order chi connectivity index (χ0) is 20.0. The number of nitrogens with one attached hydrogen (secondary N) is 2. The van der Waals surface area contributed by atoms with Gasteiger partial charge in [0.05, 0.1) is 18.4 Å². The summed E-state index contributed by atoms with van der Waals surface area (Å²) in [5.41, 5.74) is 4.75. The van der Waals surface area contributed by atoms with Crippen molar-refractivity contribution in [1.82, 2.24) is 14.4 Å². The molecule has 0 spiro atoms. The molecule has 144 valence electrons. The molecule has 0 saturated carbocycles. The molecule has 0 fully saturated rings. The lowest BCUT2D eigenvalue weighted by Crippen LogP contribution is -2.11. The van der Waals surface area contributed by atoms with Gasteiger partial charge >= 0.3 is 0 Å². The minimum atomic E-state index is -0.163. The number of aryl methyl sites for hydroxylation is 2. The number of H-pyrrole nitrogens is 1. The fourth-order valence-electron chi connectivity index (χ4n) is 3.69. The molecule has 0 amide bonds. The van der Waals surface area contributed by atoms with Crippen LogP contribution >= 0.6 is 0 Å². The molecule has 29 heavy (non-hydrogen) atoms. The van der Waals surface area contributed by atoms with Crippen LogP contribution in [-0.4, -0.2) is 14.4 Å². The van der Waals surface area contributed by atoms with Crippen molar-refractivity contribution >= 4 is 22.4 Å². The SMILES string of the molecule is Cc1ccc2[nH]c(=O)c(-c3nc4cccc(C)n4c3NCc3ccco3)cc2c1. The Bertz CT molecular complexity index is 1390. The summed E-state index contributed by atoms with van der Waals surface area (Å²) < 4.78 is 7.48. The van der Waals surface area contributed by atoms with E-state index in [4.69, 9.17) is 9.40 Å². The Morgan fingerprint density at radius 2 is 2.00 bits per heavy atom. The van der Waals surface area contributed by atoms with E-state index in [9.17, 15) is 4.79 Å². The highest BCUT2D eigenvalue weighted by Gasteiger charge is 2.18. The van der Waals surface area contributed by atoms with Crippen LogP contribution in [0.25, 0.3) is 27.8 Å². The molecule has 0 bridgehead atoms. The number of hydrogen-bond acceptors (Lipinski definition) is 4. The Morgan fingerprint density at radius 3 is 2.83 bits per heavy atom. The number of furan rings is 1. The first-order valence-corrected chi connectivity index (χ1v) is 9.48. The maximum absolute atomic E-state index is 12.9. The number of benzene rings is 1. The monoisotopic (exact) mass is 384 g/mol. The lowest BCUT2D eigenvalue weighted by atomic mass is 10.1. The zero-order valence-electron chi connectivity index (χ0n) is 16.2. The molecule has 6 nitrogen and oxygen atoms in total. The van der Waals surface area contributed by atoms with Crippen molar-refractivity contribution in [1.29, 1.82) is 0 Å². The Balaban J connectivity index is 1.73. The third kappa shape index (κ3) is 2.99. The molecule has 0 aliphatic carbocycles. The average Bonchev–Trinajstić information content (AvgIpc) is 3.34. The van der Waals surface area contributed by atoms with E-state index in [-0.39, 0.29) is 5.56 Å². The molecular formula is C23H20N4O2. The number of aromatic amines is 1. The molecule has 5 rings (SSSR count). The van der Waals surface area contributed by atoms with E-state index in [1.807, 2.05) is 66.8 Å². The van der Waals surface area contributed by atoms with Gasteiger partial charge in [-0.1, -0.05) is 17.7 Å². The van der Waals surface area contributed by atoms with Crippen LogP contribution in [0.5, 0.6) is 0 Å². The van der Waals surface area contributed by atoms with Crippen molar-refractivity contribution in [2.45, 2.75) is 20.4 Å². The van der Waals surface area contributed by atoms with E-state index in [1.54, 1.807) is 6.26 Å². The highest BCUT2D eigenvalue weighted by molar-refractivity contribution is 5.86. The summed E-state index contributed by atoms with van der Waals surface area (Å²) in [6.07, 6.45) is 1.65. The number of aromatic nitrogens is 3. The van der Waals surface area contributed by atoms with Gasteiger partial charge in [-0.3, -0.25) is 9.20 Å². The molecule has 4 aromatic heterocycles. The van der Waals surface area contributed by atoms with Crippen LogP contribution in [0.3, 0.4) is 0 Å². The van der Waals surface area contributed by atoms with Crippen LogP contribution < -0.4 is 10.9 Å². The Hall–Kier alpha value is -3.80. The number of anilines is 1.